The normalized spacial score (nSPS) is 14.0. The maximum absolute atomic E-state index is 12.5. The smallest absolute Gasteiger partial charge is 0.0589 e. The molecule has 2 unspecified atom stereocenters. The van der Waals surface area contributed by atoms with Crippen LogP contribution in [-0.4, -0.2) is 9.96 Å². The molecule has 112 valence electrons. The molecule has 0 aliphatic rings. The molecule has 21 heavy (non-hydrogen) atoms. The van der Waals surface area contributed by atoms with Crippen molar-refractivity contribution in [1.29, 1.82) is 0 Å². The molecule has 0 radical (unpaired) electrons. The molecule has 0 aliphatic heterocycles. The van der Waals surface area contributed by atoms with E-state index < -0.39 is 10.8 Å². The first-order valence-corrected chi connectivity index (χ1v) is 8.61. The minimum Gasteiger partial charge on any atom is -0.323 e. The van der Waals surface area contributed by atoms with Gasteiger partial charge in [-0.1, -0.05) is 52.5 Å². The van der Waals surface area contributed by atoms with Gasteiger partial charge in [-0.05, 0) is 37.6 Å². The van der Waals surface area contributed by atoms with Gasteiger partial charge in [0.05, 0.1) is 20.7 Å². The fourth-order valence-electron chi connectivity index (χ4n) is 2.22. The van der Waals surface area contributed by atoms with Crippen LogP contribution in [-0.2, 0) is 10.8 Å². The van der Waals surface area contributed by atoms with Crippen LogP contribution in [0, 0.1) is 13.8 Å². The first-order valence-electron chi connectivity index (χ1n) is 6.54. The van der Waals surface area contributed by atoms with E-state index in [-0.39, 0.29) is 6.04 Å². The summed E-state index contributed by atoms with van der Waals surface area (Å²) in [5.74, 6) is 0.308. The molecular formula is C16H17Cl2NOS. The van der Waals surface area contributed by atoms with E-state index in [4.69, 9.17) is 28.9 Å². The van der Waals surface area contributed by atoms with Gasteiger partial charge in [0.1, 0.15) is 0 Å². The van der Waals surface area contributed by atoms with Crippen molar-refractivity contribution in [2.45, 2.75) is 24.8 Å². The maximum Gasteiger partial charge on any atom is 0.0589 e. The molecular weight excluding hydrogens is 325 g/mol. The SMILES string of the molecule is Cc1cc(C)cc(C(N)CS(=O)c2cc(Cl)ccc2Cl)c1. The molecule has 0 heterocycles. The molecule has 0 bridgehead atoms. The molecule has 0 saturated heterocycles. The molecule has 2 nitrogen and oxygen atoms in total. The topological polar surface area (TPSA) is 43.1 Å². The van der Waals surface area contributed by atoms with Crippen molar-refractivity contribution in [2.75, 3.05) is 5.75 Å². The summed E-state index contributed by atoms with van der Waals surface area (Å²) in [5.41, 5.74) is 9.47. The largest absolute Gasteiger partial charge is 0.323 e. The average Bonchev–Trinajstić information content (AvgIpc) is 2.40. The summed E-state index contributed by atoms with van der Waals surface area (Å²) in [6.07, 6.45) is 0. The number of hydrogen-bond acceptors (Lipinski definition) is 2. The summed E-state index contributed by atoms with van der Waals surface area (Å²) >= 11 is 12.0. The Morgan fingerprint density at radius 3 is 2.33 bits per heavy atom. The molecule has 2 aromatic carbocycles. The lowest BCUT2D eigenvalue weighted by molar-refractivity contribution is 0.675. The Bertz CT molecular complexity index is 668. The fraction of sp³-hybridized carbons (Fsp3) is 0.250. The van der Waals surface area contributed by atoms with Crippen molar-refractivity contribution in [2.24, 2.45) is 5.73 Å². The first kappa shape index (κ1) is 16.5. The van der Waals surface area contributed by atoms with E-state index in [0.717, 1.165) is 16.7 Å². The zero-order valence-electron chi connectivity index (χ0n) is 11.9. The van der Waals surface area contributed by atoms with Crippen LogP contribution in [0.15, 0.2) is 41.3 Å². The molecule has 2 aromatic rings. The van der Waals surface area contributed by atoms with E-state index in [1.54, 1.807) is 18.2 Å². The fourth-order valence-corrected chi connectivity index (χ4v) is 4.08. The van der Waals surface area contributed by atoms with Crippen LogP contribution in [0.25, 0.3) is 0 Å². The van der Waals surface area contributed by atoms with Crippen LogP contribution >= 0.6 is 23.2 Å². The summed E-state index contributed by atoms with van der Waals surface area (Å²) in [6, 6.07) is 10.8. The van der Waals surface area contributed by atoms with Gasteiger partial charge in [-0.25, -0.2) is 0 Å². The molecule has 0 amide bonds. The minimum atomic E-state index is -1.29. The standard InChI is InChI=1S/C16H17Cl2NOS/c1-10-5-11(2)7-12(6-10)15(19)9-21(20)16-8-13(17)3-4-14(16)18/h3-8,15H,9,19H2,1-2H3. The molecule has 0 fully saturated rings. The zero-order valence-corrected chi connectivity index (χ0v) is 14.2. The molecule has 0 spiro atoms. The average molecular weight is 342 g/mol. The van der Waals surface area contributed by atoms with Crippen LogP contribution < -0.4 is 5.73 Å². The summed E-state index contributed by atoms with van der Waals surface area (Å²) in [7, 11) is -1.29. The summed E-state index contributed by atoms with van der Waals surface area (Å²) < 4.78 is 12.5. The van der Waals surface area contributed by atoms with Crippen molar-refractivity contribution in [3.05, 3.63) is 63.1 Å². The van der Waals surface area contributed by atoms with Gasteiger partial charge in [-0.2, -0.15) is 0 Å². The highest BCUT2D eigenvalue weighted by atomic mass is 35.5. The van der Waals surface area contributed by atoms with Gasteiger partial charge in [-0.3, -0.25) is 4.21 Å². The van der Waals surface area contributed by atoms with Crippen LogP contribution in [0.1, 0.15) is 22.7 Å². The van der Waals surface area contributed by atoms with Crippen LogP contribution in [0.5, 0.6) is 0 Å². The molecule has 2 rings (SSSR count). The predicted octanol–water partition coefficient (Wildman–Crippen LogP) is 4.42. The van der Waals surface area contributed by atoms with Crippen molar-refractivity contribution in [3.8, 4) is 0 Å². The predicted molar refractivity (Wildman–Crippen MR) is 90.6 cm³/mol. The van der Waals surface area contributed by atoms with E-state index >= 15 is 0 Å². The van der Waals surface area contributed by atoms with E-state index in [1.807, 2.05) is 26.0 Å². The number of hydrogen-bond donors (Lipinski definition) is 1. The van der Waals surface area contributed by atoms with Gasteiger partial charge in [0, 0.05) is 16.8 Å². The first-order chi connectivity index (χ1) is 9.86. The highest BCUT2D eigenvalue weighted by Crippen LogP contribution is 2.26. The number of rotatable bonds is 4. The van der Waals surface area contributed by atoms with Gasteiger partial charge in [-0.15, -0.1) is 0 Å². The molecule has 0 saturated carbocycles. The molecule has 5 heteroatoms. The second-order valence-corrected chi connectivity index (χ2v) is 7.42. The molecule has 0 aromatic heterocycles. The van der Waals surface area contributed by atoms with E-state index in [0.29, 0.717) is 20.7 Å². The van der Waals surface area contributed by atoms with E-state index in [2.05, 4.69) is 6.07 Å². The molecule has 0 aliphatic carbocycles. The van der Waals surface area contributed by atoms with Crippen LogP contribution in [0.2, 0.25) is 10.0 Å². The van der Waals surface area contributed by atoms with Gasteiger partial charge >= 0.3 is 0 Å². The number of nitrogens with two attached hydrogens (primary N) is 1. The van der Waals surface area contributed by atoms with E-state index in [9.17, 15) is 4.21 Å². The Labute approximate surface area is 137 Å². The highest BCUT2D eigenvalue weighted by Gasteiger charge is 2.15. The Morgan fingerprint density at radius 1 is 1.10 bits per heavy atom. The Balaban J connectivity index is 2.20. The Morgan fingerprint density at radius 2 is 1.71 bits per heavy atom. The van der Waals surface area contributed by atoms with Crippen LogP contribution in [0.3, 0.4) is 0 Å². The summed E-state index contributed by atoms with van der Waals surface area (Å²) in [5, 5.41) is 0.966. The third kappa shape index (κ3) is 4.30. The number of halogens is 2. The highest BCUT2D eigenvalue weighted by molar-refractivity contribution is 7.85. The lowest BCUT2D eigenvalue weighted by Gasteiger charge is -2.14. The van der Waals surface area contributed by atoms with Gasteiger partial charge in [0.15, 0.2) is 0 Å². The zero-order chi connectivity index (χ0) is 15.6. The number of aryl methyl sites for hydroxylation is 2. The third-order valence-electron chi connectivity index (χ3n) is 3.14. The van der Waals surface area contributed by atoms with Crippen molar-refractivity contribution < 1.29 is 4.21 Å². The summed E-state index contributed by atoms with van der Waals surface area (Å²) in [4.78, 5) is 0.531. The lowest BCUT2D eigenvalue weighted by Crippen LogP contribution is -2.19. The lowest BCUT2D eigenvalue weighted by atomic mass is 10.0. The van der Waals surface area contributed by atoms with Crippen molar-refractivity contribution in [3.63, 3.8) is 0 Å². The second kappa shape index (κ2) is 6.93. The quantitative estimate of drug-likeness (QED) is 0.894. The van der Waals surface area contributed by atoms with Crippen molar-refractivity contribution in [1.82, 2.24) is 0 Å². The maximum atomic E-state index is 12.5. The van der Waals surface area contributed by atoms with Gasteiger partial charge < -0.3 is 5.73 Å². The summed E-state index contributed by atoms with van der Waals surface area (Å²) in [6.45, 7) is 4.04. The Kier molecular flexibility index (Phi) is 5.44. The van der Waals surface area contributed by atoms with E-state index in [1.165, 1.54) is 0 Å². The van der Waals surface area contributed by atoms with Gasteiger partial charge in [0.2, 0.25) is 0 Å². The third-order valence-corrected chi connectivity index (χ3v) is 5.31. The monoisotopic (exact) mass is 341 g/mol. The Hall–Kier alpha value is -0.870. The molecule has 2 atom stereocenters. The second-order valence-electron chi connectivity index (χ2n) is 5.11. The van der Waals surface area contributed by atoms with Gasteiger partial charge in [0.25, 0.3) is 0 Å². The molecule has 2 N–H and O–H groups in total. The van der Waals surface area contributed by atoms with Crippen molar-refractivity contribution >= 4 is 34.0 Å². The minimum absolute atomic E-state index is 0.306. The van der Waals surface area contributed by atoms with Crippen LogP contribution in [0.4, 0.5) is 0 Å². The number of benzene rings is 2.